The molecule has 2 atom stereocenters. The number of aliphatic hydroxyl groups excluding tert-OH is 1. The lowest BCUT2D eigenvalue weighted by atomic mass is 9.96. The van der Waals surface area contributed by atoms with Crippen LogP contribution in [-0.4, -0.2) is 49.2 Å². The minimum atomic E-state index is -0.650. The van der Waals surface area contributed by atoms with Crippen molar-refractivity contribution < 1.29 is 5.11 Å². The summed E-state index contributed by atoms with van der Waals surface area (Å²) >= 11 is 0. The van der Waals surface area contributed by atoms with Crippen molar-refractivity contribution in [3.63, 3.8) is 0 Å². The molecule has 0 aromatic carbocycles. The van der Waals surface area contributed by atoms with Crippen LogP contribution in [0.5, 0.6) is 0 Å². The van der Waals surface area contributed by atoms with Gasteiger partial charge >= 0.3 is 0 Å². The predicted molar refractivity (Wildman–Crippen MR) is 92.7 cm³/mol. The molecule has 0 fully saturated rings. The molecular weight excluding hydrogens is 290 g/mol. The molecule has 4 rings (SSSR count). The highest BCUT2D eigenvalue weighted by Crippen LogP contribution is 2.40. The first-order valence-electron chi connectivity index (χ1n) is 8.24. The number of rotatable bonds is 2. The van der Waals surface area contributed by atoms with E-state index in [0.717, 1.165) is 37.0 Å². The van der Waals surface area contributed by atoms with Crippen molar-refractivity contribution >= 4 is 17.3 Å². The van der Waals surface area contributed by atoms with Gasteiger partial charge in [-0.3, -0.25) is 0 Å². The van der Waals surface area contributed by atoms with E-state index in [2.05, 4.69) is 49.2 Å². The fraction of sp³-hybridized carbons (Fsp3) is 0.588. The molecule has 6 heteroatoms. The third kappa shape index (κ3) is 2.37. The van der Waals surface area contributed by atoms with Crippen molar-refractivity contribution in [2.75, 3.05) is 41.4 Å². The molecule has 0 aliphatic carbocycles. The first-order valence-corrected chi connectivity index (χ1v) is 8.24. The molecule has 0 saturated heterocycles. The van der Waals surface area contributed by atoms with Gasteiger partial charge in [0.25, 0.3) is 0 Å². The number of anilines is 3. The van der Waals surface area contributed by atoms with Gasteiger partial charge in [0.05, 0.1) is 5.69 Å². The summed E-state index contributed by atoms with van der Waals surface area (Å²) in [5.41, 5.74) is 2.41. The monoisotopic (exact) mass is 315 g/mol. The number of fused-ring (bicyclic) bond motifs is 2. The maximum Gasteiger partial charge on any atom is 0.208 e. The SMILES string of the molecule is CN1c2nc(N3CC4C=C3CN4)ccc2N(CC(C)(C)C)C1O. The highest BCUT2D eigenvalue weighted by molar-refractivity contribution is 5.75. The zero-order chi connectivity index (χ0) is 16.4. The number of hydrogen-bond acceptors (Lipinski definition) is 6. The van der Waals surface area contributed by atoms with Crippen LogP contribution < -0.4 is 20.0 Å². The Balaban J connectivity index is 1.66. The van der Waals surface area contributed by atoms with E-state index < -0.39 is 6.35 Å². The van der Waals surface area contributed by atoms with Gasteiger partial charge in [0.2, 0.25) is 6.35 Å². The fourth-order valence-electron chi connectivity index (χ4n) is 3.63. The van der Waals surface area contributed by atoms with Crippen molar-refractivity contribution in [1.82, 2.24) is 10.3 Å². The number of nitrogens with one attached hydrogen (secondary N) is 1. The molecule has 0 amide bonds. The molecule has 1 aromatic heterocycles. The highest BCUT2D eigenvalue weighted by atomic mass is 16.3. The van der Waals surface area contributed by atoms with E-state index in [1.54, 1.807) is 0 Å². The average molecular weight is 315 g/mol. The number of nitrogens with zero attached hydrogens (tertiary/aromatic N) is 4. The summed E-state index contributed by atoms with van der Waals surface area (Å²) in [5.74, 6) is 1.83. The molecule has 2 bridgehead atoms. The van der Waals surface area contributed by atoms with Gasteiger partial charge in [0.1, 0.15) is 5.82 Å². The smallest absolute Gasteiger partial charge is 0.208 e. The molecule has 2 N–H and O–H groups in total. The van der Waals surface area contributed by atoms with Crippen molar-refractivity contribution in [3.8, 4) is 0 Å². The van der Waals surface area contributed by atoms with Gasteiger partial charge in [0, 0.05) is 38.4 Å². The van der Waals surface area contributed by atoms with Crippen molar-refractivity contribution in [1.29, 1.82) is 0 Å². The number of aromatic nitrogens is 1. The number of hydrogen-bond donors (Lipinski definition) is 2. The molecule has 6 nitrogen and oxygen atoms in total. The predicted octanol–water partition coefficient (Wildman–Crippen LogP) is 1.34. The topological polar surface area (TPSA) is 54.9 Å². The third-order valence-electron chi connectivity index (χ3n) is 4.69. The fourth-order valence-corrected chi connectivity index (χ4v) is 3.63. The van der Waals surface area contributed by atoms with Crippen LogP contribution in [0.1, 0.15) is 20.8 Å². The second-order valence-corrected chi connectivity index (χ2v) is 7.91. The van der Waals surface area contributed by atoms with Gasteiger partial charge in [-0.2, -0.15) is 0 Å². The van der Waals surface area contributed by atoms with E-state index in [0.29, 0.717) is 6.04 Å². The summed E-state index contributed by atoms with van der Waals surface area (Å²) in [4.78, 5) is 11.0. The van der Waals surface area contributed by atoms with Crippen LogP contribution >= 0.6 is 0 Å². The first kappa shape index (κ1) is 14.8. The Labute approximate surface area is 137 Å². The first-order chi connectivity index (χ1) is 10.8. The van der Waals surface area contributed by atoms with Crippen LogP contribution in [0, 0.1) is 5.41 Å². The summed E-state index contributed by atoms with van der Waals surface area (Å²) in [5, 5.41) is 14.0. The lowest BCUT2D eigenvalue weighted by molar-refractivity contribution is 0.166. The molecule has 0 radical (unpaired) electrons. The number of pyridine rings is 1. The normalized spacial score (nSPS) is 26.1. The van der Waals surface area contributed by atoms with Crippen LogP contribution in [-0.2, 0) is 0 Å². The molecule has 124 valence electrons. The quantitative estimate of drug-likeness (QED) is 0.859. The Kier molecular flexibility index (Phi) is 3.12. The molecule has 23 heavy (non-hydrogen) atoms. The second-order valence-electron chi connectivity index (χ2n) is 7.91. The zero-order valence-electron chi connectivity index (χ0n) is 14.2. The summed E-state index contributed by atoms with van der Waals surface area (Å²) in [6.07, 6.45) is 1.63. The van der Waals surface area contributed by atoms with Crippen molar-refractivity contribution in [2.45, 2.75) is 33.2 Å². The van der Waals surface area contributed by atoms with Gasteiger partial charge in [-0.25, -0.2) is 4.98 Å². The molecule has 4 heterocycles. The largest absolute Gasteiger partial charge is 0.356 e. The van der Waals surface area contributed by atoms with E-state index in [1.807, 2.05) is 16.8 Å². The van der Waals surface area contributed by atoms with E-state index >= 15 is 0 Å². The second kappa shape index (κ2) is 4.85. The maximum atomic E-state index is 10.6. The number of piperazine rings is 1. The van der Waals surface area contributed by atoms with Crippen LogP contribution in [0.2, 0.25) is 0 Å². The lowest BCUT2D eigenvalue weighted by Crippen LogP contribution is -2.44. The minimum absolute atomic E-state index is 0.104. The molecule has 0 saturated carbocycles. The van der Waals surface area contributed by atoms with Crippen LogP contribution in [0.3, 0.4) is 0 Å². The van der Waals surface area contributed by atoms with Crippen LogP contribution in [0.4, 0.5) is 17.3 Å². The Morgan fingerprint density at radius 2 is 2.13 bits per heavy atom. The third-order valence-corrected chi connectivity index (χ3v) is 4.69. The molecule has 3 aliphatic rings. The summed E-state index contributed by atoms with van der Waals surface area (Å²) in [7, 11) is 1.90. The molecule has 3 aliphatic heterocycles. The van der Waals surface area contributed by atoms with Gasteiger partial charge in [-0.15, -0.1) is 0 Å². The standard InChI is InChI=1S/C17H25N5O/c1-17(2,3)10-22-13-5-6-14(19-15(13)20(4)16(22)23)21-9-11-7-12(21)8-18-11/h5-7,11,16,18,23H,8-10H2,1-4H3. The Hall–Kier alpha value is -1.79. The summed E-state index contributed by atoms with van der Waals surface area (Å²) < 4.78 is 0. The van der Waals surface area contributed by atoms with Crippen LogP contribution in [0.15, 0.2) is 23.9 Å². The average Bonchev–Trinajstić information content (AvgIpc) is 3.17. The van der Waals surface area contributed by atoms with Gasteiger partial charge in [0.15, 0.2) is 5.82 Å². The minimum Gasteiger partial charge on any atom is -0.356 e. The Morgan fingerprint density at radius 3 is 2.74 bits per heavy atom. The van der Waals surface area contributed by atoms with E-state index in [1.165, 1.54) is 5.70 Å². The van der Waals surface area contributed by atoms with Gasteiger partial charge in [-0.1, -0.05) is 20.8 Å². The number of aliphatic hydroxyl groups is 1. The van der Waals surface area contributed by atoms with Gasteiger partial charge in [-0.05, 0) is 23.6 Å². The van der Waals surface area contributed by atoms with Crippen molar-refractivity contribution in [3.05, 3.63) is 23.9 Å². The van der Waals surface area contributed by atoms with Gasteiger partial charge < -0.3 is 25.1 Å². The zero-order valence-corrected chi connectivity index (χ0v) is 14.2. The van der Waals surface area contributed by atoms with Crippen molar-refractivity contribution in [2.24, 2.45) is 5.41 Å². The Bertz CT molecular complexity index is 665. The van der Waals surface area contributed by atoms with E-state index in [9.17, 15) is 5.11 Å². The summed E-state index contributed by atoms with van der Waals surface area (Å²) in [6.45, 7) is 9.18. The highest BCUT2D eigenvalue weighted by Gasteiger charge is 2.37. The van der Waals surface area contributed by atoms with E-state index in [-0.39, 0.29) is 5.41 Å². The molecule has 1 aromatic rings. The maximum absolute atomic E-state index is 10.6. The van der Waals surface area contributed by atoms with E-state index in [4.69, 9.17) is 4.98 Å². The lowest BCUT2D eigenvalue weighted by Gasteiger charge is -2.31. The Morgan fingerprint density at radius 1 is 1.35 bits per heavy atom. The molecule has 2 unspecified atom stereocenters. The van der Waals surface area contributed by atoms with Crippen LogP contribution in [0.25, 0.3) is 0 Å². The molecular formula is C17H25N5O. The molecule has 0 spiro atoms. The summed E-state index contributed by atoms with van der Waals surface area (Å²) in [6, 6.07) is 4.61.